The molecule has 10 heteroatoms. The van der Waals surface area contributed by atoms with Gasteiger partial charge in [0.15, 0.2) is 6.10 Å². The van der Waals surface area contributed by atoms with E-state index in [1.807, 2.05) is 5.32 Å². The predicted octanol–water partition coefficient (Wildman–Crippen LogP) is 2.91. The molecule has 0 fully saturated rings. The first kappa shape index (κ1) is 20.5. The van der Waals surface area contributed by atoms with E-state index in [0.717, 1.165) is 16.7 Å². The summed E-state index contributed by atoms with van der Waals surface area (Å²) in [6.45, 7) is 5.15. The Labute approximate surface area is 169 Å². The van der Waals surface area contributed by atoms with Crippen LogP contribution in [-0.2, 0) is 9.53 Å². The Morgan fingerprint density at radius 1 is 1.24 bits per heavy atom. The fraction of sp³-hybridized carbons (Fsp3) is 0.263. The van der Waals surface area contributed by atoms with Crippen molar-refractivity contribution in [3.63, 3.8) is 0 Å². The smallest absolute Gasteiger partial charge is 0.349 e. The molecular formula is C19H19FN4O4S. The summed E-state index contributed by atoms with van der Waals surface area (Å²) in [5.41, 5.74) is 6.30. The maximum atomic E-state index is 13.2. The van der Waals surface area contributed by atoms with Gasteiger partial charge in [-0.2, -0.15) is 5.10 Å². The molecular weight excluding hydrogens is 399 g/mol. The summed E-state index contributed by atoms with van der Waals surface area (Å²) < 4.78 is 20.2. The van der Waals surface area contributed by atoms with Gasteiger partial charge in [0.05, 0.1) is 11.4 Å². The van der Waals surface area contributed by atoms with Crippen molar-refractivity contribution in [1.82, 2.24) is 15.1 Å². The Morgan fingerprint density at radius 2 is 1.90 bits per heavy atom. The molecule has 3 rings (SSSR count). The standard InChI is InChI=1S/C19H19FN4O4S/c1-9(2)15(16(25)22-19(21)27)28-18(26)14-8-13-10(3)23-24(17(13)29-14)12-6-4-11(20)5-7-12/h4-9,15H,1-3H3,(H3,21,22,25,27)/t15-/m0/s1. The fourth-order valence-electron chi connectivity index (χ4n) is 2.76. The molecule has 0 radical (unpaired) electrons. The first-order chi connectivity index (χ1) is 13.7. The number of aryl methyl sites for hydroxylation is 1. The van der Waals surface area contributed by atoms with Gasteiger partial charge in [-0.05, 0) is 43.2 Å². The summed E-state index contributed by atoms with van der Waals surface area (Å²) >= 11 is 1.14. The Bertz CT molecular complexity index is 1090. The van der Waals surface area contributed by atoms with Crippen LogP contribution < -0.4 is 11.1 Å². The number of halogens is 1. The van der Waals surface area contributed by atoms with Crippen molar-refractivity contribution in [3.05, 3.63) is 46.7 Å². The van der Waals surface area contributed by atoms with Crippen molar-refractivity contribution in [3.8, 4) is 5.69 Å². The lowest BCUT2D eigenvalue weighted by Crippen LogP contribution is -2.45. The quantitative estimate of drug-likeness (QED) is 0.618. The van der Waals surface area contributed by atoms with E-state index >= 15 is 0 Å². The zero-order chi connectivity index (χ0) is 21.3. The average molecular weight is 418 g/mol. The molecule has 2 aromatic heterocycles. The largest absolute Gasteiger partial charge is 0.448 e. The molecule has 3 aromatic rings. The molecule has 0 aliphatic rings. The summed E-state index contributed by atoms with van der Waals surface area (Å²) in [4.78, 5) is 36.6. The highest BCUT2D eigenvalue weighted by molar-refractivity contribution is 7.20. The monoisotopic (exact) mass is 418 g/mol. The molecule has 0 unspecified atom stereocenters. The Morgan fingerprint density at radius 3 is 2.48 bits per heavy atom. The lowest BCUT2D eigenvalue weighted by Gasteiger charge is -2.19. The van der Waals surface area contributed by atoms with Crippen molar-refractivity contribution in [2.75, 3.05) is 0 Å². The summed E-state index contributed by atoms with van der Waals surface area (Å²) in [5, 5.41) is 7.11. The van der Waals surface area contributed by atoms with Crippen LogP contribution in [0.15, 0.2) is 30.3 Å². The number of thiophene rings is 1. The second-order valence-electron chi connectivity index (χ2n) is 6.73. The van der Waals surface area contributed by atoms with Gasteiger partial charge in [-0.25, -0.2) is 18.7 Å². The van der Waals surface area contributed by atoms with Gasteiger partial charge in [0.2, 0.25) is 0 Å². The minimum absolute atomic E-state index is 0.272. The van der Waals surface area contributed by atoms with Crippen molar-refractivity contribution < 1.29 is 23.5 Å². The number of aromatic nitrogens is 2. The van der Waals surface area contributed by atoms with Gasteiger partial charge in [0.1, 0.15) is 15.5 Å². The number of primary amides is 1. The third-order valence-corrected chi connectivity index (χ3v) is 5.25. The number of benzene rings is 1. The molecule has 8 nitrogen and oxygen atoms in total. The molecule has 1 atom stereocenters. The zero-order valence-corrected chi connectivity index (χ0v) is 16.7. The van der Waals surface area contributed by atoms with Crippen LogP contribution in [0.5, 0.6) is 0 Å². The SMILES string of the molecule is Cc1nn(-c2ccc(F)cc2)c2sc(C(=O)O[C@H](C(=O)NC(N)=O)C(C)C)cc12. The van der Waals surface area contributed by atoms with Gasteiger partial charge in [-0.3, -0.25) is 10.1 Å². The van der Waals surface area contributed by atoms with Gasteiger partial charge in [-0.15, -0.1) is 11.3 Å². The normalized spacial score (nSPS) is 12.2. The first-order valence-corrected chi connectivity index (χ1v) is 9.55. The molecule has 29 heavy (non-hydrogen) atoms. The van der Waals surface area contributed by atoms with Crippen molar-refractivity contribution in [1.29, 1.82) is 0 Å². The van der Waals surface area contributed by atoms with Gasteiger partial charge in [0.25, 0.3) is 5.91 Å². The highest BCUT2D eigenvalue weighted by atomic mass is 32.1. The zero-order valence-electron chi connectivity index (χ0n) is 15.9. The van der Waals surface area contributed by atoms with E-state index in [-0.39, 0.29) is 16.6 Å². The minimum Gasteiger partial charge on any atom is -0.448 e. The van der Waals surface area contributed by atoms with Crippen LogP contribution in [-0.4, -0.2) is 33.8 Å². The van der Waals surface area contributed by atoms with E-state index in [4.69, 9.17) is 10.5 Å². The molecule has 0 saturated heterocycles. The number of hydrogen-bond acceptors (Lipinski definition) is 6. The van der Waals surface area contributed by atoms with Crippen molar-refractivity contribution >= 4 is 39.5 Å². The molecule has 152 valence electrons. The molecule has 0 aliphatic carbocycles. The predicted molar refractivity (Wildman–Crippen MR) is 105 cm³/mol. The molecule has 2 heterocycles. The average Bonchev–Trinajstić information content (AvgIpc) is 3.20. The highest BCUT2D eigenvalue weighted by Crippen LogP contribution is 2.31. The second kappa shape index (κ2) is 8.00. The number of esters is 1. The molecule has 0 bridgehead atoms. The van der Waals surface area contributed by atoms with E-state index < -0.39 is 24.0 Å². The molecule has 3 N–H and O–H groups in total. The first-order valence-electron chi connectivity index (χ1n) is 8.73. The van der Waals surface area contributed by atoms with Gasteiger partial charge in [-0.1, -0.05) is 13.8 Å². The van der Waals surface area contributed by atoms with E-state index in [2.05, 4.69) is 5.10 Å². The van der Waals surface area contributed by atoms with Crippen LogP contribution in [0.25, 0.3) is 15.9 Å². The third kappa shape index (κ3) is 4.27. The lowest BCUT2D eigenvalue weighted by atomic mass is 10.1. The number of fused-ring (bicyclic) bond motifs is 1. The number of hydrogen-bond donors (Lipinski definition) is 2. The summed E-state index contributed by atoms with van der Waals surface area (Å²) in [6.07, 6.45) is -1.17. The maximum absolute atomic E-state index is 13.2. The fourth-order valence-corrected chi connectivity index (χ4v) is 3.83. The van der Waals surface area contributed by atoms with Crippen LogP contribution in [0.4, 0.5) is 9.18 Å². The number of nitrogens with zero attached hydrogens (tertiary/aromatic N) is 2. The number of nitrogens with two attached hydrogens (primary N) is 1. The molecule has 3 amide bonds. The number of imide groups is 1. The highest BCUT2D eigenvalue weighted by Gasteiger charge is 2.29. The van der Waals surface area contributed by atoms with E-state index in [1.54, 1.807) is 43.7 Å². The maximum Gasteiger partial charge on any atom is 0.349 e. The van der Waals surface area contributed by atoms with Crippen molar-refractivity contribution in [2.24, 2.45) is 11.7 Å². The van der Waals surface area contributed by atoms with Crippen LogP contribution >= 0.6 is 11.3 Å². The van der Waals surface area contributed by atoms with E-state index in [0.29, 0.717) is 16.2 Å². The van der Waals surface area contributed by atoms with Gasteiger partial charge >= 0.3 is 12.0 Å². The van der Waals surface area contributed by atoms with Crippen LogP contribution in [0.2, 0.25) is 0 Å². The minimum atomic E-state index is -1.17. The Balaban J connectivity index is 1.90. The number of ether oxygens (including phenoxy) is 1. The van der Waals surface area contributed by atoms with E-state index in [9.17, 15) is 18.8 Å². The number of nitrogens with one attached hydrogen (secondary N) is 1. The second-order valence-corrected chi connectivity index (χ2v) is 7.76. The third-order valence-electron chi connectivity index (χ3n) is 4.16. The van der Waals surface area contributed by atoms with Gasteiger partial charge < -0.3 is 10.5 Å². The van der Waals surface area contributed by atoms with Crippen LogP contribution in [0, 0.1) is 18.7 Å². The van der Waals surface area contributed by atoms with Crippen molar-refractivity contribution in [2.45, 2.75) is 26.9 Å². The molecule has 0 spiro atoms. The summed E-state index contributed by atoms with van der Waals surface area (Å²) in [6, 6.07) is 6.43. The van der Waals surface area contributed by atoms with E-state index in [1.165, 1.54) is 12.1 Å². The Hall–Kier alpha value is -3.27. The van der Waals surface area contributed by atoms with Crippen LogP contribution in [0.3, 0.4) is 0 Å². The lowest BCUT2D eigenvalue weighted by molar-refractivity contribution is -0.130. The number of carbonyl (C=O) groups excluding carboxylic acids is 3. The Kier molecular flexibility index (Phi) is 5.64. The summed E-state index contributed by atoms with van der Waals surface area (Å²) in [7, 11) is 0. The summed E-state index contributed by atoms with van der Waals surface area (Å²) in [5.74, 6) is -2.22. The molecule has 0 aliphatic heterocycles. The number of amides is 3. The molecule has 1 aromatic carbocycles. The number of urea groups is 1. The van der Waals surface area contributed by atoms with Crippen LogP contribution in [0.1, 0.15) is 29.2 Å². The topological polar surface area (TPSA) is 116 Å². The number of rotatable bonds is 5. The molecule has 0 saturated carbocycles. The van der Waals surface area contributed by atoms with Gasteiger partial charge in [0, 0.05) is 5.39 Å². The number of carbonyl (C=O) groups is 3.